The molecule has 0 saturated carbocycles. The molecular formula is C12H15NO4. The van der Waals surface area contributed by atoms with E-state index in [0.717, 1.165) is 0 Å². The molecule has 0 aliphatic carbocycles. The van der Waals surface area contributed by atoms with E-state index in [2.05, 4.69) is 10.1 Å². The molecular weight excluding hydrogens is 222 g/mol. The fraction of sp³-hybridized carbons (Fsp3) is 0.333. The number of ether oxygens (including phenoxy) is 1. The van der Waals surface area contributed by atoms with Crippen LogP contribution < -0.4 is 5.32 Å². The van der Waals surface area contributed by atoms with Crippen LogP contribution in [-0.2, 0) is 9.53 Å². The van der Waals surface area contributed by atoms with Crippen molar-refractivity contribution in [2.75, 3.05) is 7.11 Å². The van der Waals surface area contributed by atoms with Gasteiger partial charge >= 0.3 is 5.97 Å². The zero-order valence-corrected chi connectivity index (χ0v) is 9.98. The van der Waals surface area contributed by atoms with E-state index in [1.807, 2.05) is 0 Å². The fourth-order valence-corrected chi connectivity index (χ4v) is 1.41. The number of hydrogen-bond acceptors (Lipinski definition) is 4. The van der Waals surface area contributed by atoms with Crippen molar-refractivity contribution < 1.29 is 19.4 Å². The molecule has 0 saturated heterocycles. The van der Waals surface area contributed by atoms with Gasteiger partial charge in [0.25, 0.3) is 5.91 Å². The number of carbonyl (C=O) groups excluding carboxylic acids is 2. The number of rotatable bonds is 3. The molecule has 1 aromatic carbocycles. The Kier molecular flexibility index (Phi) is 4.09. The van der Waals surface area contributed by atoms with Gasteiger partial charge in [-0.3, -0.25) is 4.79 Å². The summed E-state index contributed by atoms with van der Waals surface area (Å²) in [6.45, 7) is 3.25. The number of methoxy groups -OCH3 is 1. The first-order valence-electron chi connectivity index (χ1n) is 5.14. The summed E-state index contributed by atoms with van der Waals surface area (Å²) in [6.07, 6.45) is 0. The Hall–Kier alpha value is -2.04. The van der Waals surface area contributed by atoms with Crippen LogP contribution in [0.1, 0.15) is 22.8 Å². The highest BCUT2D eigenvalue weighted by atomic mass is 16.5. The van der Waals surface area contributed by atoms with Crippen LogP contribution in [0.2, 0.25) is 0 Å². The van der Waals surface area contributed by atoms with Gasteiger partial charge in [-0.25, -0.2) is 4.79 Å². The summed E-state index contributed by atoms with van der Waals surface area (Å²) >= 11 is 0. The Balaban J connectivity index is 2.80. The van der Waals surface area contributed by atoms with Gasteiger partial charge in [0, 0.05) is 5.56 Å². The molecule has 1 atom stereocenters. The van der Waals surface area contributed by atoms with Gasteiger partial charge in [-0.05, 0) is 37.6 Å². The Bertz CT molecular complexity index is 442. The third-order valence-electron chi connectivity index (χ3n) is 2.36. The molecule has 0 aliphatic heterocycles. The highest BCUT2D eigenvalue weighted by molar-refractivity contribution is 5.98. The average Bonchev–Trinajstić information content (AvgIpc) is 2.27. The molecule has 5 nitrogen and oxygen atoms in total. The molecule has 5 heteroatoms. The van der Waals surface area contributed by atoms with Gasteiger partial charge in [0.05, 0.1) is 7.11 Å². The predicted molar refractivity (Wildman–Crippen MR) is 61.8 cm³/mol. The van der Waals surface area contributed by atoms with Crippen molar-refractivity contribution in [1.29, 1.82) is 0 Å². The van der Waals surface area contributed by atoms with Crippen LogP contribution in [0.3, 0.4) is 0 Å². The van der Waals surface area contributed by atoms with Crippen LogP contribution in [0.15, 0.2) is 18.2 Å². The topological polar surface area (TPSA) is 75.6 Å². The first-order valence-corrected chi connectivity index (χ1v) is 5.14. The molecule has 1 unspecified atom stereocenters. The molecule has 0 aromatic heterocycles. The Morgan fingerprint density at radius 3 is 2.59 bits per heavy atom. The van der Waals surface area contributed by atoms with Gasteiger partial charge in [-0.1, -0.05) is 0 Å². The smallest absolute Gasteiger partial charge is 0.328 e. The zero-order valence-electron chi connectivity index (χ0n) is 9.98. The first kappa shape index (κ1) is 13.0. The number of hydrogen-bond donors (Lipinski definition) is 2. The maximum absolute atomic E-state index is 11.8. The van der Waals surface area contributed by atoms with E-state index in [0.29, 0.717) is 11.1 Å². The molecule has 0 radical (unpaired) electrons. The lowest BCUT2D eigenvalue weighted by molar-refractivity contribution is -0.142. The number of esters is 1. The van der Waals surface area contributed by atoms with Crippen molar-refractivity contribution >= 4 is 11.9 Å². The van der Waals surface area contributed by atoms with Crippen molar-refractivity contribution in [2.24, 2.45) is 0 Å². The maximum atomic E-state index is 11.8. The summed E-state index contributed by atoms with van der Waals surface area (Å²) in [6, 6.07) is 3.70. The molecule has 1 rings (SSSR count). The molecule has 0 heterocycles. The molecule has 1 amide bonds. The minimum absolute atomic E-state index is 0.0973. The van der Waals surface area contributed by atoms with E-state index < -0.39 is 12.0 Å². The number of phenols is 1. The molecule has 2 N–H and O–H groups in total. The van der Waals surface area contributed by atoms with Gasteiger partial charge in [-0.2, -0.15) is 0 Å². The summed E-state index contributed by atoms with van der Waals surface area (Å²) in [4.78, 5) is 22.9. The van der Waals surface area contributed by atoms with Crippen LogP contribution in [0.4, 0.5) is 0 Å². The SMILES string of the molecule is COC(=O)C(C)NC(=O)c1ccc(O)cc1C. The van der Waals surface area contributed by atoms with E-state index in [9.17, 15) is 14.7 Å². The van der Waals surface area contributed by atoms with Gasteiger partial charge in [0.2, 0.25) is 0 Å². The minimum atomic E-state index is -0.708. The van der Waals surface area contributed by atoms with Crippen molar-refractivity contribution in [3.63, 3.8) is 0 Å². The third kappa shape index (κ3) is 3.21. The summed E-state index contributed by atoms with van der Waals surface area (Å²) in [7, 11) is 1.26. The van der Waals surface area contributed by atoms with E-state index in [1.165, 1.54) is 25.3 Å². The monoisotopic (exact) mass is 237 g/mol. The summed E-state index contributed by atoms with van der Waals surface area (Å²) in [5.41, 5.74) is 1.05. The summed E-state index contributed by atoms with van der Waals surface area (Å²) < 4.78 is 4.50. The molecule has 17 heavy (non-hydrogen) atoms. The Labute approximate surface area is 99.4 Å². The van der Waals surface area contributed by atoms with Gasteiger partial charge in [0.1, 0.15) is 11.8 Å². The van der Waals surface area contributed by atoms with Crippen molar-refractivity contribution in [3.05, 3.63) is 29.3 Å². The van der Waals surface area contributed by atoms with Crippen molar-refractivity contribution in [3.8, 4) is 5.75 Å². The number of aromatic hydroxyl groups is 1. The summed E-state index contributed by atoms with van der Waals surface area (Å²) in [5.74, 6) is -0.782. The van der Waals surface area contributed by atoms with Crippen LogP contribution in [0, 0.1) is 6.92 Å². The Morgan fingerprint density at radius 1 is 1.41 bits per heavy atom. The van der Waals surface area contributed by atoms with Crippen LogP contribution in [-0.4, -0.2) is 30.1 Å². The number of aryl methyl sites for hydroxylation is 1. The standard InChI is InChI=1S/C12H15NO4/c1-7-6-9(14)4-5-10(7)11(15)13-8(2)12(16)17-3/h4-6,8,14H,1-3H3,(H,13,15). The second-order valence-electron chi connectivity index (χ2n) is 3.72. The highest BCUT2D eigenvalue weighted by Gasteiger charge is 2.17. The number of amides is 1. The second kappa shape index (κ2) is 5.34. The number of benzene rings is 1. The van der Waals surface area contributed by atoms with E-state index >= 15 is 0 Å². The zero-order chi connectivity index (χ0) is 13.0. The number of nitrogens with one attached hydrogen (secondary N) is 1. The molecule has 0 fully saturated rings. The second-order valence-corrected chi connectivity index (χ2v) is 3.72. The lowest BCUT2D eigenvalue weighted by Gasteiger charge is -2.12. The first-order chi connectivity index (χ1) is 7.95. The van der Waals surface area contributed by atoms with Crippen molar-refractivity contribution in [1.82, 2.24) is 5.32 Å². The third-order valence-corrected chi connectivity index (χ3v) is 2.36. The van der Waals surface area contributed by atoms with Gasteiger partial charge < -0.3 is 15.2 Å². The van der Waals surface area contributed by atoms with Gasteiger partial charge in [0.15, 0.2) is 0 Å². The molecule has 0 spiro atoms. The predicted octanol–water partition coefficient (Wildman–Crippen LogP) is 0.992. The Morgan fingerprint density at radius 2 is 2.06 bits per heavy atom. The number of carbonyl (C=O) groups is 2. The molecule has 92 valence electrons. The maximum Gasteiger partial charge on any atom is 0.328 e. The minimum Gasteiger partial charge on any atom is -0.508 e. The average molecular weight is 237 g/mol. The normalized spacial score (nSPS) is 11.7. The van der Waals surface area contributed by atoms with Crippen LogP contribution in [0.5, 0.6) is 5.75 Å². The lowest BCUT2D eigenvalue weighted by atomic mass is 10.1. The lowest BCUT2D eigenvalue weighted by Crippen LogP contribution is -2.39. The van der Waals surface area contributed by atoms with Gasteiger partial charge in [-0.15, -0.1) is 0 Å². The highest BCUT2D eigenvalue weighted by Crippen LogP contribution is 2.15. The summed E-state index contributed by atoms with van der Waals surface area (Å²) in [5, 5.41) is 11.7. The van der Waals surface area contributed by atoms with Crippen molar-refractivity contribution in [2.45, 2.75) is 19.9 Å². The van der Waals surface area contributed by atoms with Crippen LogP contribution in [0.25, 0.3) is 0 Å². The van der Waals surface area contributed by atoms with E-state index in [4.69, 9.17) is 0 Å². The van der Waals surface area contributed by atoms with E-state index in [-0.39, 0.29) is 11.7 Å². The molecule has 0 bridgehead atoms. The largest absolute Gasteiger partial charge is 0.508 e. The number of phenolic OH excluding ortho intramolecular Hbond substituents is 1. The van der Waals surface area contributed by atoms with E-state index in [1.54, 1.807) is 13.8 Å². The quantitative estimate of drug-likeness (QED) is 0.769. The fourth-order valence-electron chi connectivity index (χ4n) is 1.41. The molecule has 0 aliphatic rings. The van der Waals surface area contributed by atoms with Crippen LogP contribution >= 0.6 is 0 Å². The molecule has 1 aromatic rings.